The molecule has 0 amide bonds. The molecule has 0 atom stereocenters. The number of aryl methyl sites for hydroxylation is 1. The van der Waals surface area contributed by atoms with Crippen LogP contribution in [0.1, 0.15) is 15.4 Å². The van der Waals surface area contributed by atoms with Crippen molar-refractivity contribution in [3.05, 3.63) is 52.3 Å². The number of hydrogen-bond donors (Lipinski definition) is 0. The van der Waals surface area contributed by atoms with Gasteiger partial charge in [0.05, 0.1) is 17.7 Å². The third-order valence-electron chi connectivity index (χ3n) is 3.91. The van der Waals surface area contributed by atoms with E-state index in [4.69, 9.17) is 9.72 Å². The molecule has 0 unspecified atom stereocenters. The van der Waals surface area contributed by atoms with Crippen molar-refractivity contribution in [1.82, 2.24) is 9.38 Å². The number of aldehydes is 1. The molecule has 0 saturated carbocycles. The Balaban J connectivity index is 1.98. The molecule has 4 nitrogen and oxygen atoms in total. The molecule has 3 heterocycles. The monoisotopic (exact) mass is 354 g/mol. The number of aromatic nitrogens is 2. The van der Waals surface area contributed by atoms with Crippen LogP contribution in [0.2, 0.25) is 0 Å². The van der Waals surface area contributed by atoms with E-state index in [0.717, 1.165) is 43.7 Å². The van der Waals surface area contributed by atoms with E-state index in [0.29, 0.717) is 5.69 Å². The van der Waals surface area contributed by atoms with Gasteiger partial charge in [0.25, 0.3) is 0 Å². The molecule has 4 rings (SSSR count). The number of benzene rings is 1. The number of thiazole rings is 1. The van der Waals surface area contributed by atoms with E-state index in [1.165, 1.54) is 0 Å². The zero-order valence-electron chi connectivity index (χ0n) is 13.1. The summed E-state index contributed by atoms with van der Waals surface area (Å²) < 4.78 is 7.19. The Morgan fingerprint density at radius 2 is 2.00 bits per heavy atom. The van der Waals surface area contributed by atoms with E-state index in [1.807, 2.05) is 46.2 Å². The summed E-state index contributed by atoms with van der Waals surface area (Å²) in [5.41, 5.74) is 3.40. The molecular weight excluding hydrogens is 340 g/mol. The summed E-state index contributed by atoms with van der Waals surface area (Å²) in [7, 11) is 1.65. The summed E-state index contributed by atoms with van der Waals surface area (Å²) in [6.07, 6.45) is 0.897. The highest BCUT2D eigenvalue weighted by Crippen LogP contribution is 2.37. The largest absolute Gasteiger partial charge is 0.497 e. The Labute approximate surface area is 147 Å². The average molecular weight is 354 g/mol. The van der Waals surface area contributed by atoms with E-state index < -0.39 is 0 Å². The highest BCUT2D eigenvalue weighted by atomic mass is 32.1. The smallest absolute Gasteiger partial charge is 0.195 e. The van der Waals surface area contributed by atoms with Crippen LogP contribution in [0.15, 0.2) is 41.8 Å². The van der Waals surface area contributed by atoms with Crippen molar-refractivity contribution >= 4 is 33.9 Å². The molecule has 0 bridgehead atoms. The van der Waals surface area contributed by atoms with Crippen LogP contribution in [0, 0.1) is 6.92 Å². The summed E-state index contributed by atoms with van der Waals surface area (Å²) >= 11 is 3.19. The van der Waals surface area contributed by atoms with Crippen LogP contribution in [-0.4, -0.2) is 22.8 Å². The number of fused-ring (bicyclic) bond motifs is 1. The first kappa shape index (κ1) is 15.1. The molecule has 120 valence electrons. The van der Waals surface area contributed by atoms with Crippen molar-refractivity contribution in [3.8, 4) is 27.6 Å². The molecule has 24 heavy (non-hydrogen) atoms. The second-order valence-electron chi connectivity index (χ2n) is 5.29. The van der Waals surface area contributed by atoms with Crippen molar-refractivity contribution in [1.29, 1.82) is 0 Å². The standard InChI is InChI=1S/C18H14N2O2S2/c1-11-17(12-5-7-13(22-2)8-6-12)20-14(10-21)16(19-18(20)24-11)15-4-3-9-23-15/h3-10H,1-2H3. The minimum Gasteiger partial charge on any atom is -0.497 e. The van der Waals surface area contributed by atoms with Gasteiger partial charge in [0.2, 0.25) is 0 Å². The molecule has 1 aromatic carbocycles. The molecule has 3 aromatic heterocycles. The van der Waals surface area contributed by atoms with Crippen LogP contribution in [0.25, 0.3) is 26.8 Å². The number of hydrogen-bond acceptors (Lipinski definition) is 5. The number of methoxy groups -OCH3 is 1. The Morgan fingerprint density at radius 1 is 1.21 bits per heavy atom. The van der Waals surface area contributed by atoms with Crippen molar-refractivity contribution in [3.63, 3.8) is 0 Å². The van der Waals surface area contributed by atoms with Gasteiger partial charge in [-0.2, -0.15) is 0 Å². The first-order valence-corrected chi connectivity index (χ1v) is 9.08. The predicted molar refractivity (Wildman–Crippen MR) is 98.5 cm³/mol. The normalized spacial score (nSPS) is 11.1. The maximum Gasteiger partial charge on any atom is 0.195 e. The maximum absolute atomic E-state index is 11.8. The third kappa shape index (κ3) is 2.26. The van der Waals surface area contributed by atoms with Crippen LogP contribution in [0.4, 0.5) is 0 Å². The number of carbonyl (C=O) groups excluding carboxylic acids is 1. The van der Waals surface area contributed by atoms with Gasteiger partial charge in [0.1, 0.15) is 17.1 Å². The van der Waals surface area contributed by atoms with Gasteiger partial charge in [-0.3, -0.25) is 9.20 Å². The van der Waals surface area contributed by atoms with Gasteiger partial charge >= 0.3 is 0 Å². The van der Waals surface area contributed by atoms with Gasteiger partial charge in [-0.05, 0) is 48.2 Å². The van der Waals surface area contributed by atoms with Crippen molar-refractivity contribution < 1.29 is 9.53 Å². The number of thiophene rings is 1. The quantitative estimate of drug-likeness (QED) is 0.489. The SMILES string of the molecule is COc1ccc(-c2c(C)sc3nc(-c4cccs4)c(C=O)n23)cc1. The minimum absolute atomic E-state index is 0.600. The summed E-state index contributed by atoms with van der Waals surface area (Å²) in [4.78, 5) is 19.5. The lowest BCUT2D eigenvalue weighted by Gasteiger charge is -2.05. The van der Waals surface area contributed by atoms with Crippen LogP contribution >= 0.6 is 22.7 Å². The summed E-state index contributed by atoms with van der Waals surface area (Å²) in [6.45, 7) is 2.05. The van der Waals surface area contributed by atoms with Gasteiger partial charge in [-0.15, -0.1) is 22.7 Å². The molecule has 0 saturated heterocycles. The molecule has 0 aliphatic rings. The second-order valence-corrected chi connectivity index (χ2v) is 7.42. The number of nitrogens with zero attached hydrogens (tertiary/aromatic N) is 2. The molecule has 0 fully saturated rings. The molecule has 6 heteroatoms. The highest BCUT2D eigenvalue weighted by Gasteiger charge is 2.21. The molecular formula is C18H14N2O2S2. The fraction of sp³-hybridized carbons (Fsp3) is 0.111. The predicted octanol–water partition coefficient (Wildman–Crippen LogP) is 4.92. The topological polar surface area (TPSA) is 43.6 Å². The van der Waals surface area contributed by atoms with Gasteiger partial charge in [-0.25, -0.2) is 4.98 Å². The fourth-order valence-corrected chi connectivity index (χ4v) is 4.54. The molecule has 4 aromatic rings. The number of carbonyl (C=O) groups is 1. The Hall–Kier alpha value is -2.44. The average Bonchev–Trinajstić information content (AvgIpc) is 3.29. The van der Waals surface area contributed by atoms with Crippen LogP contribution in [-0.2, 0) is 0 Å². The minimum atomic E-state index is 0.600. The fourth-order valence-electron chi connectivity index (χ4n) is 2.82. The Kier molecular flexibility index (Phi) is 3.70. The molecule has 0 N–H and O–H groups in total. The maximum atomic E-state index is 11.8. The third-order valence-corrected chi connectivity index (χ3v) is 5.75. The second kappa shape index (κ2) is 5.89. The Morgan fingerprint density at radius 3 is 2.62 bits per heavy atom. The summed E-state index contributed by atoms with van der Waals surface area (Å²) in [6, 6.07) is 11.8. The van der Waals surface area contributed by atoms with Crippen molar-refractivity contribution in [2.45, 2.75) is 6.92 Å². The lowest BCUT2D eigenvalue weighted by Crippen LogP contribution is -1.95. The van der Waals surface area contributed by atoms with Gasteiger partial charge < -0.3 is 4.74 Å². The molecule has 0 aliphatic heterocycles. The lowest BCUT2D eigenvalue weighted by atomic mass is 10.1. The van der Waals surface area contributed by atoms with Crippen LogP contribution in [0.5, 0.6) is 5.75 Å². The zero-order chi connectivity index (χ0) is 16.7. The Bertz CT molecular complexity index is 1010. The van der Waals surface area contributed by atoms with E-state index in [-0.39, 0.29) is 0 Å². The van der Waals surface area contributed by atoms with E-state index in [9.17, 15) is 4.79 Å². The van der Waals surface area contributed by atoms with E-state index in [2.05, 4.69) is 6.92 Å². The number of rotatable bonds is 4. The van der Waals surface area contributed by atoms with Crippen molar-refractivity contribution in [2.75, 3.05) is 7.11 Å². The molecule has 0 spiro atoms. The van der Waals surface area contributed by atoms with E-state index >= 15 is 0 Å². The van der Waals surface area contributed by atoms with Gasteiger partial charge in [0, 0.05) is 4.88 Å². The van der Waals surface area contributed by atoms with Crippen LogP contribution in [0.3, 0.4) is 0 Å². The number of ether oxygens (including phenoxy) is 1. The van der Waals surface area contributed by atoms with Crippen molar-refractivity contribution in [2.24, 2.45) is 0 Å². The number of imidazole rings is 1. The summed E-state index contributed by atoms with van der Waals surface area (Å²) in [5, 5.41) is 1.99. The molecule has 0 radical (unpaired) electrons. The first-order valence-electron chi connectivity index (χ1n) is 7.38. The summed E-state index contributed by atoms with van der Waals surface area (Å²) in [5.74, 6) is 0.809. The van der Waals surface area contributed by atoms with Crippen LogP contribution < -0.4 is 4.74 Å². The van der Waals surface area contributed by atoms with Gasteiger partial charge in [0.15, 0.2) is 11.2 Å². The van der Waals surface area contributed by atoms with Gasteiger partial charge in [-0.1, -0.05) is 6.07 Å². The van der Waals surface area contributed by atoms with E-state index in [1.54, 1.807) is 29.8 Å². The highest BCUT2D eigenvalue weighted by molar-refractivity contribution is 7.17. The molecule has 0 aliphatic carbocycles. The first-order chi connectivity index (χ1) is 11.7. The lowest BCUT2D eigenvalue weighted by molar-refractivity contribution is 0.111. The zero-order valence-corrected chi connectivity index (χ0v) is 14.8.